The lowest BCUT2D eigenvalue weighted by Crippen LogP contribution is -1.95. The van der Waals surface area contributed by atoms with Crippen LogP contribution < -0.4 is 4.74 Å². The van der Waals surface area contributed by atoms with E-state index in [-0.39, 0.29) is 0 Å². The molecule has 94 valence electrons. The minimum atomic E-state index is 0.498. The third-order valence-electron chi connectivity index (χ3n) is 2.44. The van der Waals surface area contributed by atoms with E-state index in [1.807, 2.05) is 30.3 Å². The summed E-state index contributed by atoms with van der Waals surface area (Å²) in [6, 6.07) is 7.91. The number of hydrogen-bond acceptors (Lipinski definition) is 4. The van der Waals surface area contributed by atoms with Crippen molar-refractivity contribution >= 4 is 12.2 Å². The molecular weight excluding hydrogens is 228 g/mol. The van der Waals surface area contributed by atoms with Gasteiger partial charge in [0.15, 0.2) is 0 Å². The van der Waals surface area contributed by atoms with Crippen molar-refractivity contribution < 1.29 is 9.15 Å². The molecule has 0 N–H and O–H groups in total. The summed E-state index contributed by atoms with van der Waals surface area (Å²) in [5, 5.41) is 7.37. The van der Waals surface area contributed by atoms with Gasteiger partial charge in [-0.05, 0) is 30.2 Å². The standard InChI is InChI=1S/C14H16N2O2/c1-2-3-10-17-13-7-4-12(5-8-13)6-9-14-16-15-11-18-14/h4-9,11H,2-3,10H2,1H3. The van der Waals surface area contributed by atoms with Gasteiger partial charge in [-0.25, -0.2) is 0 Å². The topological polar surface area (TPSA) is 48.2 Å². The Morgan fingerprint density at radius 1 is 1.22 bits per heavy atom. The fourth-order valence-corrected chi connectivity index (χ4v) is 1.43. The summed E-state index contributed by atoms with van der Waals surface area (Å²) in [6.45, 7) is 2.92. The average Bonchev–Trinajstić information content (AvgIpc) is 2.91. The molecule has 0 aliphatic heterocycles. The molecule has 0 aliphatic rings. The Morgan fingerprint density at radius 2 is 2.06 bits per heavy atom. The molecule has 1 heterocycles. The molecule has 0 saturated heterocycles. The number of aromatic nitrogens is 2. The number of hydrogen-bond donors (Lipinski definition) is 0. The zero-order valence-corrected chi connectivity index (χ0v) is 10.4. The molecule has 0 saturated carbocycles. The second-order valence-corrected chi connectivity index (χ2v) is 3.88. The molecule has 2 aromatic rings. The molecule has 0 radical (unpaired) electrons. The fraction of sp³-hybridized carbons (Fsp3) is 0.286. The van der Waals surface area contributed by atoms with Gasteiger partial charge in [0, 0.05) is 6.08 Å². The van der Waals surface area contributed by atoms with E-state index in [0.29, 0.717) is 5.89 Å². The smallest absolute Gasteiger partial charge is 0.240 e. The SMILES string of the molecule is CCCCOc1ccc(C=Cc2nnco2)cc1. The van der Waals surface area contributed by atoms with Crippen LogP contribution in [0.1, 0.15) is 31.2 Å². The lowest BCUT2D eigenvalue weighted by atomic mass is 10.2. The van der Waals surface area contributed by atoms with E-state index in [4.69, 9.17) is 9.15 Å². The van der Waals surface area contributed by atoms with E-state index in [1.165, 1.54) is 6.39 Å². The number of rotatable bonds is 6. The van der Waals surface area contributed by atoms with E-state index in [1.54, 1.807) is 6.08 Å². The van der Waals surface area contributed by atoms with Crippen LogP contribution in [0.4, 0.5) is 0 Å². The first kappa shape index (κ1) is 12.4. The Labute approximate surface area is 106 Å². The van der Waals surface area contributed by atoms with Crippen LogP contribution in [-0.4, -0.2) is 16.8 Å². The van der Waals surface area contributed by atoms with Crippen LogP contribution in [0, 0.1) is 0 Å². The van der Waals surface area contributed by atoms with Gasteiger partial charge in [-0.2, -0.15) is 0 Å². The van der Waals surface area contributed by atoms with Gasteiger partial charge >= 0.3 is 0 Å². The minimum Gasteiger partial charge on any atom is -0.494 e. The molecule has 0 spiro atoms. The molecule has 1 aromatic heterocycles. The van der Waals surface area contributed by atoms with Gasteiger partial charge in [-0.1, -0.05) is 25.5 Å². The van der Waals surface area contributed by atoms with Crippen molar-refractivity contribution in [2.45, 2.75) is 19.8 Å². The summed E-state index contributed by atoms with van der Waals surface area (Å²) in [7, 11) is 0. The van der Waals surface area contributed by atoms with Crippen LogP contribution in [0.25, 0.3) is 12.2 Å². The average molecular weight is 244 g/mol. The van der Waals surface area contributed by atoms with Crippen molar-refractivity contribution in [2.24, 2.45) is 0 Å². The monoisotopic (exact) mass is 244 g/mol. The Bertz CT molecular complexity index is 475. The van der Waals surface area contributed by atoms with Gasteiger partial charge in [0.1, 0.15) is 5.75 Å². The van der Waals surface area contributed by atoms with Gasteiger partial charge in [0.2, 0.25) is 12.3 Å². The molecule has 0 fully saturated rings. The molecule has 1 aromatic carbocycles. The van der Waals surface area contributed by atoms with Crippen LogP contribution in [-0.2, 0) is 0 Å². The number of unbranched alkanes of at least 4 members (excludes halogenated alkanes) is 1. The molecule has 18 heavy (non-hydrogen) atoms. The molecule has 0 bridgehead atoms. The maximum Gasteiger partial charge on any atom is 0.240 e. The second-order valence-electron chi connectivity index (χ2n) is 3.88. The Morgan fingerprint density at radius 3 is 2.72 bits per heavy atom. The molecule has 2 rings (SSSR count). The van der Waals surface area contributed by atoms with Crippen molar-refractivity contribution in [3.8, 4) is 5.75 Å². The minimum absolute atomic E-state index is 0.498. The third kappa shape index (κ3) is 3.73. The van der Waals surface area contributed by atoms with Crippen molar-refractivity contribution in [1.29, 1.82) is 0 Å². The van der Waals surface area contributed by atoms with E-state index in [9.17, 15) is 0 Å². The first-order valence-electron chi connectivity index (χ1n) is 6.05. The summed E-state index contributed by atoms with van der Waals surface area (Å²) in [5.74, 6) is 1.40. The fourth-order valence-electron chi connectivity index (χ4n) is 1.43. The zero-order valence-electron chi connectivity index (χ0n) is 10.4. The highest BCUT2D eigenvalue weighted by Gasteiger charge is 1.94. The highest BCUT2D eigenvalue weighted by atomic mass is 16.5. The first-order chi connectivity index (χ1) is 8.88. The largest absolute Gasteiger partial charge is 0.494 e. The molecular formula is C14H16N2O2. The van der Waals surface area contributed by atoms with Gasteiger partial charge in [0.25, 0.3) is 0 Å². The quantitative estimate of drug-likeness (QED) is 0.730. The van der Waals surface area contributed by atoms with E-state index < -0.39 is 0 Å². The second kappa shape index (κ2) is 6.59. The predicted octanol–water partition coefficient (Wildman–Crippen LogP) is 3.42. The highest BCUT2D eigenvalue weighted by Crippen LogP contribution is 2.14. The summed E-state index contributed by atoms with van der Waals surface area (Å²) >= 11 is 0. The Hall–Kier alpha value is -2.10. The van der Waals surface area contributed by atoms with Gasteiger partial charge < -0.3 is 9.15 Å². The Kier molecular flexibility index (Phi) is 4.53. The van der Waals surface area contributed by atoms with Crippen LogP contribution >= 0.6 is 0 Å². The van der Waals surface area contributed by atoms with Crippen molar-refractivity contribution in [3.63, 3.8) is 0 Å². The van der Waals surface area contributed by atoms with Crippen molar-refractivity contribution in [3.05, 3.63) is 42.1 Å². The van der Waals surface area contributed by atoms with E-state index >= 15 is 0 Å². The maximum absolute atomic E-state index is 5.59. The zero-order chi connectivity index (χ0) is 12.6. The molecule has 4 nitrogen and oxygen atoms in total. The maximum atomic E-state index is 5.59. The third-order valence-corrected chi connectivity index (χ3v) is 2.44. The van der Waals surface area contributed by atoms with Crippen LogP contribution in [0.5, 0.6) is 5.75 Å². The lowest BCUT2D eigenvalue weighted by molar-refractivity contribution is 0.309. The number of ether oxygens (including phenoxy) is 1. The van der Waals surface area contributed by atoms with Gasteiger partial charge in [-0.3, -0.25) is 0 Å². The van der Waals surface area contributed by atoms with Gasteiger partial charge in [-0.15, -0.1) is 10.2 Å². The summed E-state index contributed by atoms with van der Waals surface area (Å²) in [4.78, 5) is 0. The summed E-state index contributed by atoms with van der Waals surface area (Å²) < 4.78 is 10.6. The molecule has 0 aliphatic carbocycles. The Balaban J connectivity index is 1.91. The molecule has 0 atom stereocenters. The molecule has 4 heteroatoms. The van der Waals surface area contributed by atoms with Gasteiger partial charge in [0.05, 0.1) is 6.61 Å². The van der Waals surface area contributed by atoms with Crippen LogP contribution in [0.2, 0.25) is 0 Å². The first-order valence-corrected chi connectivity index (χ1v) is 6.05. The number of nitrogens with zero attached hydrogens (tertiary/aromatic N) is 2. The predicted molar refractivity (Wildman–Crippen MR) is 70.1 cm³/mol. The van der Waals surface area contributed by atoms with Crippen LogP contribution in [0.15, 0.2) is 35.1 Å². The summed E-state index contributed by atoms with van der Waals surface area (Å²) in [5.41, 5.74) is 1.07. The van der Waals surface area contributed by atoms with Crippen LogP contribution in [0.3, 0.4) is 0 Å². The number of benzene rings is 1. The van der Waals surface area contributed by atoms with E-state index in [2.05, 4.69) is 17.1 Å². The summed E-state index contributed by atoms with van der Waals surface area (Å²) in [6.07, 6.45) is 7.23. The molecule has 0 unspecified atom stereocenters. The normalized spacial score (nSPS) is 10.9. The van der Waals surface area contributed by atoms with Crippen molar-refractivity contribution in [1.82, 2.24) is 10.2 Å². The highest BCUT2D eigenvalue weighted by molar-refractivity contribution is 5.66. The van der Waals surface area contributed by atoms with Crippen molar-refractivity contribution in [2.75, 3.05) is 6.61 Å². The van der Waals surface area contributed by atoms with E-state index in [0.717, 1.165) is 30.8 Å². The lowest BCUT2D eigenvalue weighted by Gasteiger charge is -2.04. The molecule has 0 amide bonds.